The summed E-state index contributed by atoms with van der Waals surface area (Å²) in [5.41, 5.74) is 1.93. The third-order valence-electron chi connectivity index (χ3n) is 5.07. The van der Waals surface area contributed by atoms with Crippen LogP contribution in [0, 0.1) is 6.92 Å². The zero-order chi connectivity index (χ0) is 24.1. The van der Waals surface area contributed by atoms with E-state index in [2.05, 4.69) is 46.4 Å². The molecule has 3 aromatic rings. The van der Waals surface area contributed by atoms with E-state index in [1.54, 1.807) is 36.0 Å². The Labute approximate surface area is 210 Å². The molecule has 1 N–H and O–H groups in total. The lowest BCUT2D eigenvalue weighted by Gasteiger charge is -2.15. The van der Waals surface area contributed by atoms with E-state index in [1.807, 2.05) is 23.8 Å². The maximum Gasteiger partial charge on any atom is 0.240 e. The number of fused-ring (bicyclic) bond motifs is 1. The summed E-state index contributed by atoms with van der Waals surface area (Å²) < 4.78 is 36.3. The molecule has 2 aromatic heterocycles. The lowest BCUT2D eigenvalue weighted by molar-refractivity contribution is 0.0898. The van der Waals surface area contributed by atoms with Crippen molar-refractivity contribution in [2.75, 3.05) is 18.9 Å². The molecule has 0 saturated carbocycles. The number of aromatic nitrogens is 2. The minimum atomic E-state index is -3.48. The van der Waals surface area contributed by atoms with Crippen molar-refractivity contribution in [2.45, 2.75) is 55.7 Å². The largest absolute Gasteiger partial charge is 0.361 e. The fourth-order valence-electron chi connectivity index (χ4n) is 3.07. The van der Waals surface area contributed by atoms with Crippen molar-refractivity contribution in [2.24, 2.45) is 0 Å². The monoisotopic (exact) mass is 569 g/mol. The lowest BCUT2D eigenvalue weighted by atomic mass is 10.2. The van der Waals surface area contributed by atoms with Gasteiger partial charge in [-0.05, 0) is 59.6 Å². The highest BCUT2D eigenvalue weighted by Gasteiger charge is 2.14. The summed E-state index contributed by atoms with van der Waals surface area (Å²) in [6.07, 6.45) is 2.70. The van der Waals surface area contributed by atoms with Crippen LogP contribution < -0.4 is 4.72 Å². The average Bonchev–Trinajstić information content (AvgIpc) is 3.12. The van der Waals surface area contributed by atoms with Gasteiger partial charge in [-0.3, -0.25) is 0 Å². The molecule has 10 heteroatoms. The number of nitrogens with one attached hydrogen (secondary N) is 1. The molecule has 0 saturated heterocycles. The first-order valence-corrected chi connectivity index (χ1v) is 17.9. The van der Waals surface area contributed by atoms with E-state index in [0.29, 0.717) is 24.6 Å². The number of rotatable bonds is 12. The van der Waals surface area contributed by atoms with E-state index in [4.69, 9.17) is 9.72 Å². The van der Waals surface area contributed by atoms with E-state index in [0.717, 1.165) is 44.5 Å². The van der Waals surface area contributed by atoms with Crippen LogP contribution in [0.3, 0.4) is 0 Å². The second-order valence-corrected chi connectivity index (χ2v) is 18.6. The number of aryl methyl sites for hydroxylation is 1. The molecule has 33 heavy (non-hydrogen) atoms. The highest BCUT2D eigenvalue weighted by molar-refractivity contribution is 9.10. The molecular formula is C23H32BrN3O3S2Si. The Morgan fingerprint density at radius 2 is 1.91 bits per heavy atom. The van der Waals surface area contributed by atoms with Gasteiger partial charge in [-0.15, -0.1) is 11.8 Å². The number of nitrogens with zero attached hydrogens (tertiary/aromatic N) is 2. The zero-order valence-electron chi connectivity index (χ0n) is 19.6. The Kier molecular flexibility index (Phi) is 9.21. The van der Waals surface area contributed by atoms with Gasteiger partial charge in [0.2, 0.25) is 10.0 Å². The van der Waals surface area contributed by atoms with Crippen LogP contribution in [0.5, 0.6) is 0 Å². The first-order valence-electron chi connectivity index (χ1n) is 11.0. The van der Waals surface area contributed by atoms with Gasteiger partial charge >= 0.3 is 0 Å². The number of halogens is 1. The molecule has 180 valence electrons. The maximum absolute atomic E-state index is 12.4. The lowest BCUT2D eigenvalue weighted by Crippen LogP contribution is -2.25. The Morgan fingerprint density at radius 1 is 1.18 bits per heavy atom. The highest BCUT2D eigenvalue weighted by atomic mass is 79.9. The highest BCUT2D eigenvalue weighted by Crippen LogP contribution is 2.30. The predicted octanol–water partition coefficient (Wildman–Crippen LogP) is 5.88. The van der Waals surface area contributed by atoms with Gasteiger partial charge in [0.1, 0.15) is 17.4 Å². The van der Waals surface area contributed by atoms with Crippen LogP contribution in [0.1, 0.15) is 12.0 Å². The first kappa shape index (κ1) is 26.4. The number of thioether (sulfide) groups is 1. The van der Waals surface area contributed by atoms with Crippen LogP contribution in [-0.2, 0) is 21.5 Å². The molecule has 1 aromatic carbocycles. The van der Waals surface area contributed by atoms with Gasteiger partial charge in [-0.1, -0.05) is 37.3 Å². The third-order valence-corrected chi connectivity index (χ3v) is 10.2. The SMILES string of the molecule is Cc1ccc(S(=O)(=O)NCCCSc2nc3c(ccn3COCC[Si](C)(C)C)cc2Br)cc1. The van der Waals surface area contributed by atoms with E-state index in [1.165, 1.54) is 0 Å². The summed E-state index contributed by atoms with van der Waals surface area (Å²) in [6, 6.07) is 12.1. The first-order chi connectivity index (χ1) is 15.5. The number of ether oxygens (including phenoxy) is 1. The molecule has 0 bridgehead atoms. The predicted molar refractivity (Wildman–Crippen MR) is 143 cm³/mol. The molecule has 0 fully saturated rings. The fraction of sp³-hybridized carbons (Fsp3) is 0.435. The molecule has 6 nitrogen and oxygen atoms in total. The second-order valence-electron chi connectivity index (χ2n) is 9.23. The quantitative estimate of drug-likeness (QED) is 0.167. The van der Waals surface area contributed by atoms with E-state index in [9.17, 15) is 8.42 Å². The van der Waals surface area contributed by atoms with Gasteiger partial charge in [0.05, 0.1) is 9.37 Å². The van der Waals surface area contributed by atoms with Gasteiger partial charge in [-0.2, -0.15) is 0 Å². The molecule has 0 atom stereocenters. The van der Waals surface area contributed by atoms with Crippen molar-refractivity contribution in [1.82, 2.24) is 14.3 Å². The van der Waals surface area contributed by atoms with Gasteiger partial charge < -0.3 is 9.30 Å². The van der Waals surface area contributed by atoms with Crippen molar-refractivity contribution in [3.05, 3.63) is 52.6 Å². The van der Waals surface area contributed by atoms with Gasteiger partial charge in [0, 0.05) is 38.6 Å². The molecule has 3 rings (SSSR count). The summed E-state index contributed by atoms with van der Waals surface area (Å²) in [4.78, 5) is 5.13. The Morgan fingerprint density at radius 3 is 2.61 bits per heavy atom. The molecule has 2 heterocycles. The second kappa shape index (κ2) is 11.5. The Balaban J connectivity index is 1.52. The minimum Gasteiger partial charge on any atom is -0.361 e. The average molecular weight is 571 g/mol. The molecule has 0 amide bonds. The normalized spacial score (nSPS) is 12.5. The van der Waals surface area contributed by atoms with Gasteiger partial charge in [0.15, 0.2) is 0 Å². The van der Waals surface area contributed by atoms with Crippen LogP contribution >= 0.6 is 27.7 Å². The van der Waals surface area contributed by atoms with Gasteiger partial charge in [-0.25, -0.2) is 18.1 Å². The van der Waals surface area contributed by atoms with E-state index < -0.39 is 18.1 Å². The van der Waals surface area contributed by atoms with Gasteiger partial charge in [0.25, 0.3) is 0 Å². The molecule has 0 aliphatic rings. The van der Waals surface area contributed by atoms with Crippen LogP contribution in [-0.4, -0.2) is 44.9 Å². The van der Waals surface area contributed by atoms with Crippen molar-refractivity contribution in [3.8, 4) is 0 Å². The molecule has 0 aliphatic carbocycles. The maximum atomic E-state index is 12.4. The topological polar surface area (TPSA) is 73.2 Å². The van der Waals surface area contributed by atoms with Crippen molar-refractivity contribution >= 4 is 56.8 Å². The standard InChI is InChI=1S/C23H32BrN3O3S2Si/c1-18-6-8-20(9-7-18)32(28,29)25-11-5-14-31-23-21(24)16-19-10-12-27(22(19)26-23)17-30-13-15-33(2,3)4/h6-10,12,16,25H,5,11,13-15,17H2,1-4H3. The molecule has 0 radical (unpaired) electrons. The number of hydrogen-bond acceptors (Lipinski definition) is 5. The zero-order valence-corrected chi connectivity index (χ0v) is 23.8. The van der Waals surface area contributed by atoms with E-state index in [-0.39, 0.29) is 0 Å². The molecule has 0 spiro atoms. The number of pyridine rings is 1. The smallest absolute Gasteiger partial charge is 0.240 e. The van der Waals surface area contributed by atoms with E-state index >= 15 is 0 Å². The third kappa shape index (κ3) is 7.93. The summed E-state index contributed by atoms with van der Waals surface area (Å²) >= 11 is 5.23. The summed E-state index contributed by atoms with van der Waals surface area (Å²) in [5, 5.41) is 1.96. The van der Waals surface area contributed by atoms with Crippen LogP contribution in [0.15, 0.2) is 57.0 Å². The number of benzene rings is 1. The van der Waals surface area contributed by atoms with Crippen molar-refractivity contribution < 1.29 is 13.2 Å². The molecular weight excluding hydrogens is 538 g/mol. The van der Waals surface area contributed by atoms with Crippen LogP contribution in [0.2, 0.25) is 25.7 Å². The van der Waals surface area contributed by atoms with Crippen molar-refractivity contribution in [1.29, 1.82) is 0 Å². The summed E-state index contributed by atoms with van der Waals surface area (Å²) in [5.74, 6) is 0.751. The minimum absolute atomic E-state index is 0.295. The Hall–Kier alpha value is -1.17. The summed E-state index contributed by atoms with van der Waals surface area (Å²) in [7, 11) is -4.58. The summed E-state index contributed by atoms with van der Waals surface area (Å²) in [6.45, 7) is 10.6. The number of hydrogen-bond donors (Lipinski definition) is 1. The van der Waals surface area contributed by atoms with Crippen LogP contribution in [0.4, 0.5) is 0 Å². The van der Waals surface area contributed by atoms with Crippen molar-refractivity contribution in [3.63, 3.8) is 0 Å². The molecule has 0 unspecified atom stereocenters. The Bertz CT molecular complexity index is 1180. The van der Waals surface area contributed by atoms with Crippen LogP contribution in [0.25, 0.3) is 11.0 Å². The fourth-order valence-corrected chi connectivity index (χ4v) is 6.40. The molecule has 0 aliphatic heterocycles. The number of sulfonamides is 1.